The van der Waals surface area contributed by atoms with E-state index in [2.05, 4.69) is 12.1 Å². The summed E-state index contributed by atoms with van der Waals surface area (Å²) in [5.41, 5.74) is 0.754. The lowest BCUT2D eigenvalue weighted by Crippen LogP contribution is -2.44. The third kappa shape index (κ3) is 2.64. The van der Waals surface area contributed by atoms with Crippen LogP contribution in [0, 0.1) is 5.41 Å². The number of Topliss-reactive ketones (excluding diaryl/α,β-unsaturated/α-hetero) is 1. The predicted octanol–water partition coefficient (Wildman–Crippen LogP) is 3.13. The first-order valence-electron chi connectivity index (χ1n) is 6.88. The van der Waals surface area contributed by atoms with Crippen LogP contribution in [0.2, 0.25) is 0 Å². The van der Waals surface area contributed by atoms with E-state index in [0.29, 0.717) is 0 Å². The maximum Gasteiger partial charge on any atom is 0.138 e. The summed E-state index contributed by atoms with van der Waals surface area (Å²) in [4.78, 5) is 12.0. The van der Waals surface area contributed by atoms with E-state index >= 15 is 0 Å². The monoisotopic (exact) mass is 246 g/mol. The Bertz CT molecular complexity index is 399. The second-order valence-electron chi connectivity index (χ2n) is 5.46. The fraction of sp³-hybridized carbons (Fsp3) is 0.562. The molecular weight excluding hydrogens is 224 g/mol. The number of ketones is 1. The van der Waals surface area contributed by atoms with Crippen molar-refractivity contribution in [2.45, 2.75) is 51.6 Å². The van der Waals surface area contributed by atoms with Gasteiger partial charge in [0.1, 0.15) is 5.78 Å². The molecule has 0 unspecified atom stereocenters. The molecule has 18 heavy (non-hydrogen) atoms. The number of benzene rings is 1. The second-order valence-corrected chi connectivity index (χ2v) is 5.46. The number of carbonyl (C=O) groups is 1. The standard InChI is InChI=1S/C16H22O2/c1-13(17)16(11-6-5-9-15(16)18)12-10-14-7-3-2-4-8-14/h2-4,7-8,15,18H,5-6,9-12H2,1H3/t15-,16+/m0/s1. The minimum atomic E-state index is -0.492. The molecule has 1 aliphatic rings. The molecule has 0 bridgehead atoms. The number of rotatable bonds is 4. The van der Waals surface area contributed by atoms with E-state index in [1.165, 1.54) is 5.56 Å². The highest BCUT2D eigenvalue weighted by atomic mass is 16.3. The molecule has 1 N–H and O–H groups in total. The van der Waals surface area contributed by atoms with E-state index < -0.39 is 11.5 Å². The molecule has 1 saturated carbocycles. The van der Waals surface area contributed by atoms with Crippen LogP contribution < -0.4 is 0 Å². The Balaban J connectivity index is 2.09. The number of aryl methyl sites for hydroxylation is 1. The van der Waals surface area contributed by atoms with Gasteiger partial charge >= 0.3 is 0 Å². The molecule has 0 aliphatic heterocycles. The maximum absolute atomic E-state index is 12.0. The Morgan fingerprint density at radius 2 is 2.06 bits per heavy atom. The fourth-order valence-electron chi connectivity index (χ4n) is 3.11. The van der Waals surface area contributed by atoms with Crippen molar-refractivity contribution in [1.29, 1.82) is 0 Å². The molecule has 0 saturated heterocycles. The summed E-state index contributed by atoms with van der Waals surface area (Å²) in [5.74, 6) is 0.158. The first kappa shape index (κ1) is 13.3. The van der Waals surface area contributed by atoms with Crippen LogP contribution in [0.15, 0.2) is 30.3 Å². The summed E-state index contributed by atoms with van der Waals surface area (Å²) in [6, 6.07) is 10.2. The van der Waals surface area contributed by atoms with E-state index in [-0.39, 0.29) is 5.78 Å². The lowest BCUT2D eigenvalue weighted by atomic mass is 9.66. The smallest absolute Gasteiger partial charge is 0.138 e. The Morgan fingerprint density at radius 1 is 1.33 bits per heavy atom. The van der Waals surface area contributed by atoms with Gasteiger partial charge in [-0.1, -0.05) is 43.2 Å². The number of hydrogen-bond acceptors (Lipinski definition) is 2. The summed E-state index contributed by atoms with van der Waals surface area (Å²) >= 11 is 0. The van der Waals surface area contributed by atoms with Crippen molar-refractivity contribution < 1.29 is 9.90 Å². The summed E-state index contributed by atoms with van der Waals surface area (Å²) in [5, 5.41) is 10.2. The van der Waals surface area contributed by atoms with Crippen molar-refractivity contribution in [3.63, 3.8) is 0 Å². The zero-order valence-electron chi connectivity index (χ0n) is 11.1. The van der Waals surface area contributed by atoms with Gasteiger partial charge in [0.15, 0.2) is 0 Å². The summed E-state index contributed by atoms with van der Waals surface area (Å²) in [6.07, 6.45) is 4.91. The van der Waals surface area contributed by atoms with Crippen molar-refractivity contribution in [2.75, 3.05) is 0 Å². The molecule has 1 aromatic rings. The van der Waals surface area contributed by atoms with Crippen molar-refractivity contribution in [3.8, 4) is 0 Å². The van der Waals surface area contributed by atoms with Crippen LogP contribution in [0.5, 0.6) is 0 Å². The van der Waals surface area contributed by atoms with E-state index in [0.717, 1.165) is 38.5 Å². The van der Waals surface area contributed by atoms with Crippen molar-refractivity contribution in [3.05, 3.63) is 35.9 Å². The van der Waals surface area contributed by atoms with Crippen LogP contribution in [-0.4, -0.2) is 17.0 Å². The molecule has 98 valence electrons. The summed E-state index contributed by atoms with van der Waals surface area (Å²) in [7, 11) is 0. The van der Waals surface area contributed by atoms with Gasteiger partial charge in [0.2, 0.25) is 0 Å². The first-order chi connectivity index (χ1) is 8.65. The molecule has 0 amide bonds. The van der Waals surface area contributed by atoms with Crippen molar-refractivity contribution in [1.82, 2.24) is 0 Å². The Morgan fingerprint density at radius 3 is 2.67 bits per heavy atom. The minimum Gasteiger partial charge on any atom is -0.392 e. The van der Waals surface area contributed by atoms with Crippen LogP contribution >= 0.6 is 0 Å². The lowest BCUT2D eigenvalue weighted by Gasteiger charge is -2.39. The molecule has 2 atom stereocenters. The molecule has 2 rings (SSSR count). The third-order valence-corrected chi connectivity index (χ3v) is 4.39. The number of carbonyl (C=O) groups excluding carboxylic acids is 1. The predicted molar refractivity (Wildman–Crippen MR) is 72.4 cm³/mol. The molecule has 0 heterocycles. The molecule has 0 aromatic heterocycles. The van der Waals surface area contributed by atoms with Crippen LogP contribution in [0.25, 0.3) is 0 Å². The number of aliphatic hydroxyl groups excluding tert-OH is 1. The average Bonchev–Trinajstić information content (AvgIpc) is 2.39. The average molecular weight is 246 g/mol. The second kappa shape index (κ2) is 5.66. The number of hydrogen-bond donors (Lipinski definition) is 1. The van der Waals surface area contributed by atoms with E-state index in [4.69, 9.17) is 0 Å². The van der Waals surface area contributed by atoms with Gasteiger partial charge in [-0.05, 0) is 38.2 Å². The normalized spacial score (nSPS) is 28.0. The molecule has 0 radical (unpaired) electrons. The third-order valence-electron chi connectivity index (χ3n) is 4.39. The van der Waals surface area contributed by atoms with Crippen LogP contribution in [-0.2, 0) is 11.2 Å². The largest absolute Gasteiger partial charge is 0.392 e. The zero-order valence-corrected chi connectivity index (χ0v) is 11.1. The molecule has 1 aliphatic carbocycles. The Kier molecular flexibility index (Phi) is 4.18. The molecule has 1 aromatic carbocycles. The van der Waals surface area contributed by atoms with Gasteiger partial charge < -0.3 is 5.11 Å². The Labute approximate surface area is 109 Å². The van der Waals surface area contributed by atoms with Crippen LogP contribution in [0.1, 0.15) is 44.6 Å². The van der Waals surface area contributed by atoms with Gasteiger partial charge in [-0.25, -0.2) is 0 Å². The Hall–Kier alpha value is -1.15. The number of aliphatic hydroxyl groups is 1. The molecule has 1 fully saturated rings. The molecular formula is C16H22O2. The van der Waals surface area contributed by atoms with Gasteiger partial charge in [-0.2, -0.15) is 0 Å². The highest BCUT2D eigenvalue weighted by Gasteiger charge is 2.43. The van der Waals surface area contributed by atoms with Crippen molar-refractivity contribution in [2.24, 2.45) is 5.41 Å². The maximum atomic E-state index is 12.0. The van der Waals surface area contributed by atoms with Gasteiger partial charge in [0.25, 0.3) is 0 Å². The summed E-state index contributed by atoms with van der Waals surface area (Å²) in [6.45, 7) is 1.64. The van der Waals surface area contributed by atoms with Gasteiger partial charge in [0.05, 0.1) is 11.5 Å². The van der Waals surface area contributed by atoms with E-state index in [1.54, 1.807) is 6.92 Å². The topological polar surface area (TPSA) is 37.3 Å². The van der Waals surface area contributed by atoms with Gasteiger partial charge in [-0.3, -0.25) is 4.79 Å². The minimum absolute atomic E-state index is 0.158. The van der Waals surface area contributed by atoms with Gasteiger partial charge in [0, 0.05) is 0 Å². The van der Waals surface area contributed by atoms with E-state index in [1.807, 2.05) is 18.2 Å². The lowest BCUT2D eigenvalue weighted by molar-refractivity contribution is -0.137. The van der Waals surface area contributed by atoms with Gasteiger partial charge in [-0.15, -0.1) is 0 Å². The quantitative estimate of drug-likeness (QED) is 0.886. The molecule has 0 spiro atoms. The zero-order chi connectivity index (χ0) is 13.0. The summed E-state index contributed by atoms with van der Waals surface area (Å²) < 4.78 is 0. The highest BCUT2D eigenvalue weighted by Crippen LogP contribution is 2.41. The molecule has 2 heteroatoms. The van der Waals surface area contributed by atoms with Crippen LogP contribution in [0.3, 0.4) is 0 Å². The highest BCUT2D eigenvalue weighted by molar-refractivity contribution is 5.83. The van der Waals surface area contributed by atoms with Crippen molar-refractivity contribution >= 4 is 5.78 Å². The first-order valence-corrected chi connectivity index (χ1v) is 6.88. The SMILES string of the molecule is CC(=O)[C@]1(CCc2ccccc2)CCCC[C@@H]1O. The van der Waals surface area contributed by atoms with Crippen LogP contribution in [0.4, 0.5) is 0 Å². The molecule has 2 nitrogen and oxygen atoms in total. The van der Waals surface area contributed by atoms with E-state index in [9.17, 15) is 9.90 Å². The fourth-order valence-corrected chi connectivity index (χ4v) is 3.11.